The Morgan fingerprint density at radius 2 is 1.40 bits per heavy atom. The Morgan fingerprint density at radius 1 is 0.840 bits per heavy atom. The zero-order chi connectivity index (χ0) is 18.0. The molecule has 0 radical (unpaired) electrons. The van der Waals surface area contributed by atoms with Crippen LogP contribution in [0, 0.1) is 0 Å². The molecule has 1 aromatic heterocycles. The number of aliphatic hydroxyl groups excluding tert-OH is 2. The molecule has 2 aromatic rings. The summed E-state index contributed by atoms with van der Waals surface area (Å²) in [5.74, 6) is -1.30. The van der Waals surface area contributed by atoms with E-state index in [4.69, 9.17) is 10.2 Å². The van der Waals surface area contributed by atoms with Gasteiger partial charge >= 0.3 is 0 Å². The van der Waals surface area contributed by atoms with Crippen LogP contribution in [0.25, 0.3) is 0 Å². The monoisotopic (exact) mass is 343 g/mol. The Balaban J connectivity index is 2.22. The summed E-state index contributed by atoms with van der Waals surface area (Å²) in [5, 5.41) is 33.9. The number of hydrogen-bond acceptors (Lipinski definition) is 8. The topological polar surface area (TPSA) is 132 Å². The van der Waals surface area contributed by atoms with Gasteiger partial charge in [-0.15, -0.1) is 0 Å². The second kappa shape index (κ2) is 6.88. The van der Waals surface area contributed by atoms with Crippen LogP contribution in [0.4, 0.5) is 11.4 Å². The molecule has 130 valence electrons. The van der Waals surface area contributed by atoms with Crippen LogP contribution in [0.5, 0.6) is 5.75 Å². The average Bonchev–Trinajstić information content (AvgIpc) is 2.62. The van der Waals surface area contributed by atoms with E-state index in [0.29, 0.717) is 11.4 Å². The SMILES string of the molecule is O=C1c2cncc(O)c2C(=O)c2c(NCCO)ccc(NCCO)c21. The van der Waals surface area contributed by atoms with Crippen molar-refractivity contribution < 1.29 is 24.9 Å². The molecule has 25 heavy (non-hydrogen) atoms. The van der Waals surface area contributed by atoms with Crippen LogP contribution in [-0.2, 0) is 0 Å². The number of aliphatic hydroxyl groups is 2. The van der Waals surface area contributed by atoms with Crippen molar-refractivity contribution in [3.63, 3.8) is 0 Å². The number of benzene rings is 1. The summed E-state index contributed by atoms with van der Waals surface area (Å²) in [4.78, 5) is 29.7. The predicted octanol–water partition coefficient (Wildman–Crippen LogP) is 0.371. The molecule has 0 atom stereocenters. The number of hydrogen-bond donors (Lipinski definition) is 5. The Morgan fingerprint density at radius 3 is 1.96 bits per heavy atom. The number of carbonyl (C=O) groups is 2. The maximum absolute atomic E-state index is 13.0. The molecular weight excluding hydrogens is 326 g/mol. The first kappa shape index (κ1) is 16.9. The summed E-state index contributed by atoms with van der Waals surface area (Å²) in [6.45, 7) is 0.127. The molecule has 0 aliphatic heterocycles. The fourth-order valence-electron chi connectivity index (χ4n) is 2.87. The summed E-state index contributed by atoms with van der Waals surface area (Å²) < 4.78 is 0. The smallest absolute Gasteiger partial charge is 0.200 e. The molecule has 0 amide bonds. The van der Waals surface area contributed by atoms with Crippen molar-refractivity contribution in [3.8, 4) is 5.75 Å². The maximum atomic E-state index is 13.0. The van der Waals surface area contributed by atoms with Crippen molar-refractivity contribution >= 4 is 22.9 Å². The number of aromatic hydroxyl groups is 1. The van der Waals surface area contributed by atoms with Crippen LogP contribution in [-0.4, -0.2) is 58.2 Å². The van der Waals surface area contributed by atoms with Crippen LogP contribution in [0.1, 0.15) is 31.8 Å². The van der Waals surface area contributed by atoms with Gasteiger partial charge in [0.1, 0.15) is 5.75 Å². The van der Waals surface area contributed by atoms with E-state index < -0.39 is 11.6 Å². The van der Waals surface area contributed by atoms with Gasteiger partial charge in [-0.25, -0.2) is 0 Å². The van der Waals surface area contributed by atoms with E-state index in [9.17, 15) is 14.7 Å². The zero-order valence-electron chi connectivity index (χ0n) is 13.2. The third-order valence-electron chi connectivity index (χ3n) is 3.91. The molecule has 0 unspecified atom stereocenters. The number of pyridine rings is 1. The lowest BCUT2D eigenvalue weighted by molar-refractivity contribution is 0.0977. The van der Waals surface area contributed by atoms with Gasteiger partial charge in [0.05, 0.1) is 41.7 Å². The standard InChI is InChI=1S/C17H17N3O5/c21-5-3-19-10-1-2-11(20-4-6-22)15-14(10)16(24)9-7-18-8-12(23)13(9)17(15)25/h1-2,7-8,19-23H,3-6H2. The molecule has 8 nitrogen and oxygen atoms in total. The number of fused-ring (bicyclic) bond motifs is 2. The molecule has 0 spiro atoms. The molecule has 1 heterocycles. The van der Waals surface area contributed by atoms with Crippen molar-refractivity contribution in [1.29, 1.82) is 0 Å². The number of aromatic nitrogens is 1. The molecule has 1 aromatic carbocycles. The Kier molecular flexibility index (Phi) is 4.64. The first-order valence-electron chi connectivity index (χ1n) is 7.73. The van der Waals surface area contributed by atoms with Gasteiger partial charge in [0.2, 0.25) is 5.78 Å². The first-order valence-corrected chi connectivity index (χ1v) is 7.73. The van der Waals surface area contributed by atoms with Crippen molar-refractivity contribution in [2.45, 2.75) is 0 Å². The van der Waals surface area contributed by atoms with Crippen LogP contribution in [0.15, 0.2) is 24.5 Å². The lowest BCUT2D eigenvalue weighted by Crippen LogP contribution is -2.25. The van der Waals surface area contributed by atoms with E-state index in [1.807, 2.05) is 0 Å². The van der Waals surface area contributed by atoms with E-state index in [2.05, 4.69) is 15.6 Å². The Labute approximate surface area is 143 Å². The van der Waals surface area contributed by atoms with Crippen LogP contribution in [0.2, 0.25) is 0 Å². The fourth-order valence-corrected chi connectivity index (χ4v) is 2.87. The van der Waals surface area contributed by atoms with Crippen molar-refractivity contribution in [3.05, 3.63) is 46.8 Å². The number of nitrogens with one attached hydrogen (secondary N) is 2. The molecule has 0 bridgehead atoms. The number of ketones is 2. The number of nitrogens with zero attached hydrogens (tertiary/aromatic N) is 1. The van der Waals surface area contributed by atoms with Crippen molar-refractivity contribution in [2.75, 3.05) is 36.9 Å². The Hall–Kier alpha value is -2.97. The van der Waals surface area contributed by atoms with Gasteiger partial charge in [0, 0.05) is 30.7 Å². The molecule has 0 saturated carbocycles. The molecule has 0 saturated heterocycles. The summed E-state index contributed by atoms with van der Waals surface area (Å²) in [5.41, 5.74) is 1.02. The number of rotatable bonds is 6. The molecule has 5 N–H and O–H groups in total. The van der Waals surface area contributed by atoms with Gasteiger partial charge in [-0.2, -0.15) is 0 Å². The first-order chi connectivity index (χ1) is 12.1. The average molecular weight is 343 g/mol. The number of carbonyl (C=O) groups excluding carboxylic acids is 2. The molecule has 0 fully saturated rings. The van der Waals surface area contributed by atoms with Crippen molar-refractivity contribution in [2.24, 2.45) is 0 Å². The minimum atomic E-state index is -0.502. The van der Waals surface area contributed by atoms with Crippen LogP contribution in [0.3, 0.4) is 0 Å². The summed E-state index contributed by atoms with van der Waals surface area (Å²) >= 11 is 0. The lowest BCUT2D eigenvalue weighted by Gasteiger charge is -2.23. The van der Waals surface area contributed by atoms with E-state index in [1.165, 1.54) is 6.20 Å². The normalized spacial score (nSPS) is 12.6. The summed E-state index contributed by atoms with van der Waals surface area (Å²) in [6, 6.07) is 3.24. The highest BCUT2D eigenvalue weighted by Crippen LogP contribution is 2.38. The highest BCUT2D eigenvalue weighted by molar-refractivity contribution is 6.32. The second-order valence-electron chi connectivity index (χ2n) is 5.45. The van der Waals surface area contributed by atoms with Gasteiger partial charge in [-0.05, 0) is 12.1 Å². The highest BCUT2D eigenvalue weighted by atomic mass is 16.3. The third kappa shape index (κ3) is 2.81. The fraction of sp³-hybridized carbons (Fsp3) is 0.235. The molecule has 3 rings (SSSR count). The molecule has 1 aliphatic rings. The summed E-state index contributed by atoms with van der Waals surface area (Å²) in [6.07, 6.45) is 2.37. The zero-order valence-corrected chi connectivity index (χ0v) is 13.2. The highest BCUT2D eigenvalue weighted by Gasteiger charge is 2.36. The van der Waals surface area contributed by atoms with Gasteiger partial charge in [0.15, 0.2) is 5.78 Å². The van der Waals surface area contributed by atoms with Gasteiger partial charge in [-0.1, -0.05) is 0 Å². The van der Waals surface area contributed by atoms with E-state index in [0.717, 1.165) is 6.20 Å². The van der Waals surface area contributed by atoms with E-state index in [1.54, 1.807) is 12.1 Å². The quantitative estimate of drug-likeness (QED) is 0.434. The minimum Gasteiger partial charge on any atom is -0.506 e. The molecular formula is C17H17N3O5. The second-order valence-corrected chi connectivity index (χ2v) is 5.45. The molecule has 8 heteroatoms. The number of anilines is 2. The lowest BCUT2D eigenvalue weighted by atomic mass is 9.82. The predicted molar refractivity (Wildman–Crippen MR) is 90.4 cm³/mol. The Bertz CT molecular complexity index is 850. The van der Waals surface area contributed by atoms with Gasteiger partial charge < -0.3 is 26.0 Å². The minimum absolute atomic E-state index is 0.0313. The van der Waals surface area contributed by atoms with E-state index >= 15 is 0 Å². The van der Waals surface area contributed by atoms with Crippen molar-refractivity contribution in [1.82, 2.24) is 4.98 Å². The van der Waals surface area contributed by atoms with Gasteiger partial charge in [-0.3, -0.25) is 14.6 Å². The van der Waals surface area contributed by atoms with Gasteiger partial charge in [0.25, 0.3) is 0 Å². The molecule has 1 aliphatic carbocycles. The maximum Gasteiger partial charge on any atom is 0.200 e. The summed E-state index contributed by atoms with van der Waals surface area (Å²) in [7, 11) is 0. The van der Waals surface area contributed by atoms with Crippen LogP contribution >= 0.6 is 0 Å². The van der Waals surface area contributed by atoms with E-state index in [-0.39, 0.29) is 54.3 Å². The third-order valence-corrected chi connectivity index (χ3v) is 3.91. The largest absolute Gasteiger partial charge is 0.506 e. The van der Waals surface area contributed by atoms with Crippen LogP contribution < -0.4 is 10.6 Å².